The summed E-state index contributed by atoms with van der Waals surface area (Å²) < 4.78 is 0. The molecular formula is C18H26N4O2S. The van der Waals surface area contributed by atoms with Crippen molar-refractivity contribution in [1.29, 1.82) is 0 Å². The Morgan fingerprint density at radius 2 is 1.84 bits per heavy atom. The molecule has 1 aromatic rings. The Bertz CT molecular complexity index is 608. The van der Waals surface area contributed by atoms with Crippen LogP contribution in [0.5, 0.6) is 0 Å². The number of hydrogen-bond donors (Lipinski definition) is 4. The van der Waals surface area contributed by atoms with Crippen LogP contribution in [0.4, 0.5) is 0 Å². The molecule has 2 amide bonds. The van der Waals surface area contributed by atoms with Gasteiger partial charge in [-0.25, -0.2) is 0 Å². The van der Waals surface area contributed by atoms with E-state index in [0.717, 1.165) is 6.42 Å². The molecule has 0 bridgehead atoms. The first-order valence-corrected chi connectivity index (χ1v) is 9.06. The van der Waals surface area contributed by atoms with E-state index in [1.165, 1.54) is 12.8 Å². The molecular weight excluding hydrogens is 336 g/mol. The van der Waals surface area contributed by atoms with Gasteiger partial charge in [0.1, 0.15) is 0 Å². The smallest absolute Gasteiger partial charge is 0.257 e. The molecule has 136 valence electrons. The molecule has 6 nitrogen and oxygen atoms in total. The molecule has 0 aliphatic heterocycles. The van der Waals surface area contributed by atoms with Gasteiger partial charge >= 0.3 is 0 Å². The lowest BCUT2D eigenvalue weighted by molar-refractivity contribution is -0.120. The summed E-state index contributed by atoms with van der Waals surface area (Å²) in [6, 6.07) is 9.07. The third-order valence-electron chi connectivity index (χ3n) is 4.78. The summed E-state index contributed by atoms with van der Waals surface area (Å²) in [5.74, 6) is 0.547. The van der Waals surface area contributed by atoms with Crippen molar-refractivity contribution in [3.05, 3.63) is 35.9 Å². The van der Waals surface area contributed by atoms with Crippen molar-refractivity contribution in [3.63, 3.8) is 0 Å². The number of hydrogen-bond acceptors (Lipinski definition) is 3. The van der Waals surface area contributed by atoms with Gasteiger partial charge in [0.2, 0.25) is 0 Å². The second-order valence-corrected chi connectivity index (χ2v) is 6.98. The average molecular weight is 362 g/mol. The molecule has 1 saturated carbocycles. The van der Waals surface area contributed by atoms with Gasteiger partial charge in [0, 0.05) is 11.6 Å². The topological polar surface area (TPSA) is 82.3 Å². The summed E-state index contributed by atoms with van der Waals surface area (Å²) in [5.41, 5.74) is 5.71. The molecule has 3 atom stereocenters. The zero-order valence-corrected chi connectivity index (χ0v) is 15.5. The van der Waals surface area contributed by atoms with Gasteiger partial charge in [-0.05, 0) is 42.6 Å². The Kier molecular flexibility index (Phi) is 7.18. The minimum Gasteiger partial charge on any atom is -0.358 e. The van der Waals surface area contributed by atoms with Gasteiger partial charge in [-0.2, -0.15) is 0 Å². The molecule has 1 fully saturated rings. The second-order valence-electron chi connectivity index (χ2n) is 6.57. The molecule has 0 aromatic heterocycles. The SMILES string of the molecule is C[C@H]1[C@@H](NC(=S)NNC(=O)CNC(=O)c2ccccc2)CCC[C@@H]1C. The molecule has 1 aromatic carbocycles. The highest BCUT2D eigenvalue weighted by Crippen LogP contribution is 2.29. The Morgan fingerprint density at radius 1 is 1.12 bits per heavy atom. The van der Waals surface area contributed by atoms with E-state index in [-0.39, 0.29) is 18.4 Å². The van der Waals surface area contributed by atoms with Crippen LogP contribution in [0.3, 0.4) is 0 Å². The number of hydrazine groups is 1. The van der Waals surface area contributed by atoms with Gasteiger partial charge in [-0.15, -0.1) is 0 Å². The predicted octanol–water partition coefficient (Wildman–Crippen LogP) is 1.74. The lowest BCUT2D eigenvalue weighted by Crippen LogP contribution is -2.53. The first-order chi connectivity index (χ1) is 12.0. The summed E-state index contributed by atoms with van der Waals surface area (Å²) in [6.45, 7) is 4.36. The molecule has 7 heteroatoms. The summed E-state index contributed by atoms with van der Waals surface area (Å²) in [5, 5.41) is 6.22. The van der Waals surface area contributed by atoms with E-state index in [4.69, 9.17) is 12.2 Å². The Hall–Kier alpha value is -2.15. The fraction of sp³-hybridized carbons (Fsp3) is 0.500. The quantitative estimate of drug-likeness (QED) is 0.484. The van der Waals surface area contributed by atoms with E-state index in [9.17, 15) is 9.59 Å². The van der Waals surface area contributed by atoms with Gasteiger partial charge in [-0.1, -0.05) is 44.9 Å². The molecule has 0 unspecified atom stereocenters. The van der Waals surface area contributed by atoms with Crippen LogP contribution in [0.25, 0.3) is 0 Å². The highest BCUT2D eigenvalue weighted by molar-refractivity contribution is 7.80. The van der Waals surface area contributed by atoms with Gasteiger partial charge in [-0.3, -0.25) is 20.4 Å². The van der Waals surface area contributed by atoms with Gasteiger partial charge < -0.3 is 10.6 Å². The van der Waals surface area contributed by atoms with Crippen molar-refractivity contribution in [2.75, 3.05) is 6.54 Å². The maximum Gasteiger partial charge on any atom is 0.257 e. The fourth-order valence-electron chi connectivity index (χ4n) is 3.01. The van der Waals surface area contributed by atoms with E-state index in [1.807, 2.05) is 6.07 Å². The average Bonchev–Trinajstić information content (AvgIpc) is 2.62. The van der Waals surface area contributed by atoms with E-state index < -0.39 is 0 Å². The minimum absolute atomic E-state index is 0.125. The molecule has 0 saturated heterocycles. The predicted molar refractivity (Wildman–Crippen MR) is 102 cm³/mol. The highest BCUT2D eigenvalue weighted by atomic mass is 32.1. The molecule has 1 aliphatic rings. The number of nitrogens with one attached hydrogen (secondary N) is 4. The first kappa shape index (κ1) is 19.2. The molecule has 0 spiro atoms. The van der Waals surface area contributed by atoms with Crippen molar-refractivity contribution < 1.29 is 9.59 Å². The lowest BCUT2D eigenvalue weighted by atomic mass is 9.78. The fourth-order valence-corrected chi connectivity index (χ4v) is 3.22. The van der Waals surface area contributed by atoms with Crippen LogP contribution < -0.4 is 21.5 Å². The van der Waals surface area contributed by atoms with Crippen molar-refractivity contribution in [2.45, 2.75) is 39.2 Å². The Morgan fingerprint density at radius 3 is 2.56 bits per heavy atom. The summed E-state index contributed by atoms with van der Waals surface area (Å²) in [7, 11) is 0. The van der Waals surface area contributed by atoms with Crippen LogP contribution in [0.15, 0.2) is 30.3 Å². The number of rotatable bonds is 4. The molecule has 25 heavy (non-hydrogen) atoms. The zero-order valence-electron chi connectivity index (χ0n) is 14.7. The van der Waals surface area contributed by atoms with Crippen LogP contribution in [-0.4, -0.2) is 29.5 Å². The normalized spacial score (nSPS) is 22.6. The summed E-state index contributed by atoms with van der Waals surface area (Å²) in [6.07, 6.45) is 3.51. The minimum atomic E-state index is -0.363. The largest absolute Gasteiger partial charge is 0.358 e. The maximum absolute atomic E-state index is 11.9. The number of amides is 2. The lowest BCUT2D eigenvalue weighted by Gasteiger charge is -2.35. The van der Waals surface area contributed by atoms with Crippen molar-refractivity contribution in [2.24, 2.45) is 11.8 Å². The molecule has 1 aliphatic carbocycles. The molecule has 0 radical (unpaired) electrons. The van der Waals surface area contributed by atoms with E-state index in [0.29, 0.717) is 28.6 Å². The van der Waals surface area contributed by atoms with Crippen LogP contribution >= 0.6 is 12.2 Å². The van der Waals surface area contributed by atoms with Crippen molar-refractivity contribution in [1.82, 2.24) is 21.5 Å². The summed E-state index contributed by atoms with van der Waals surface area (Å²) in [4.78, 5) is 23.7. The molecule has 0 heterocycles. The van der Waals surface area contributed by atoms with E-state index >= 15 is 0 Å². The Labute approximate surface area is 154 Å². The number of carbonyl (C=O) groups excluding carboxylic acids is 2. The second kappa shape index (κ2) is 9.36. The Balaban J connectivity index is 1.67. The van der Waals surface area contributed by atoms with Crippen LogP contribution in [0.1, 0.15) is 43.5 Å². The van der Waals surface area contributed by atoms with Gasteiger partial charge in [0.15, 0.2) is 5.11 Å². The zero-order chi connectivity index (χ0) is 18.2. The summed E-state index contributed by atoms with van der Waals surface area (Å²) >= 11 is 5.23. The van der Waals surface area contributed by atoms with E-state index in [2.05, 4.69) is 35.3 Å². The van der Waals surface area contributed by atoms with Crippen molar-refractivity contribution >= 4 is 29.1 Å². The standard InChI is InChI=1S/C18H26N4O2S/c1-12-7-6-10-15(13(12)2)20-18(25)22-21-16(23)11-19-17(24)14-8-4-3-5-9-14/h3-5,8-9,12-13,15H,6-7,10-11H2,1-2H3,(H,19,24)(H,21,23)(H2,20,22,25)/t12-,13+,15-/m0/s1. The number of carbonyl (C=O) groups is 2. The number of benzene rings is 1. The number of thiocarbonyl (C=S) groups is 1. The molecule has 4 N–H and O–H groups in total. The molecule has 2 rings (SSSR count). The highest BCUT2D eigenvalue weighted by Gasteiger charge is 2.27. The van der Waals surface area contributed by atoms with Gasteiger partial charge in [0.05, 0.1) is 6.54 Å². The third-order valence-corrected chi connectivity index (χ3v) is 5.00. The van der Waals surface area contributed by atoms with Crippen LogP contribution in [0.2, 0.25) is 0 Å². The monoisotopic (exact) mass is 362 g/mol. The van der Waals surface area contributed by atoms with Crippen LogP contribution in [-0.2, 0) is 4.79 Å². The van der Waals surface area contributed by atoms with Gasteiger partial charge in [0.25, 0.3) is 11.8 Å². The first-order valence-electron chi connectivity index (χ1n) is 8.66. The third kappa shape index (κ3) is 6.01. The van der Waals surface area contributed by atoms with Crippen molar-refractivity contribution in [3.8, 4) is 0 Å². The van der Waals surface area contributed by atoms with Crippen LogP contribution in [0, 0.1) is 11.8 Å². The van der Waals surface area contributed by atoms with E-state index in [1.54, 1.807) is 24.3 Å². The maximum atomic E-state index is 11.9.